The molecule has 0 aromatic carbocycles. The van der Waals surface area contributed by atoms with Crippen LogP contribution < -0.4 is 0 Å². The molecule has 0 aliphatic heterocycles. The third-order valence-corrected chi connectivity index (χ3v) is 4.86. The van der Waals surface area contributed by atoms with Gasteiger partial charge < -0.3 is 0 Å². The lowest BCUT2D eigenvalue weighted by molar-refractivity contribution is 1.05. The van der Waals surface area contributed by atoms with E-state index in [2.05, 4.69) is 69.5 Å². The van der Waals surface area contributed by atoms with E-state index in [1.165, 1.54) is 29.8 Å². The van der Waals surface area contributed by atoms with E-state index in [4.69, 9.17) is 0 Å². The van der Waals surface area contributed by atoms with E-state index >= 15 is 0 Å². The van der Waals surface area contributed by atoms with Crippen LogP contribution in [0.3, 0.4) is 0 Å². The van der Waals surface area contributed by atoms with Gasteiger partial charge in [-0.1, -0.05) is 12.2 Å². The van der Waals surface area contributed by atoms with Gasteiger partial charge in [0.05, 0.1) is 2.88 Å². The summed E-state index contributed by atoms with van der Waals surface area (Å²) in [5.41, 5.74) is 1.49. The molecular formula is C10H8I2S. The predicted octanol–water partition coefficient (Wildman–Crippen LogP) is 4.85. The Morgan fingerprint density at radius 3 is 2.46 bits per heavy atom. The standard InChI is InChI=1S/C10H8I2S/c11-8-3-1-7(2-4-8)9-5-6-10(12)13-9/h1,3,5-6H,2,4H2. The van der Waals surface area contributed by atoms with Crippen molar-refractivity contribution < 1.29 is 0 Å². The van der Waals surface area contributed by atoms with Crippen LogP contribution >= 0.6 is 56.5 Å². The Hall–Kier alpha value is 0.640. The normalized spacial score (nSPS) is 16.8. The molecule has 68 valence electrons. The summed E-state index contributed by atoms with van der Waals surface area (Å²) in [5.74, 6) is 0. The van der Waals surface area contributed by atoms with Crippen LogP contribution in [0.15, 0.2) is 27.9 Å². The minimum atomic E-state index is 1.20. The second-order valence-corrected chi connectivity index (χ2v) is 7.27. The number of allylic oxidation sites excluding steroid dienone is 4. The van der Waals surface area contributed by atoms with E-state index in [-0.39, 0.29) is 0 Å². The molecule has 1 heterocycles. The first-order valence-electron chi connectivity index (χ1n) is 4.06. The summed E-state index contributed by atoms with van der Waals surface area (Å²) in [5, 5.41) is 0. The van der Waals surface area contributed by atoms with Gasteiger partial charge in [-0.2, -0.15) is 0 Å². The Kier molecular flexibility index (Phi) is 3.47. The fraction of sp³-hybridized carbons (Fsp3) is 0.200. The lowest BCUT2D eigenvalue weighted by Gasteiger charge is -2.08. The van der Waals surface area contributed by atoms with Crippen LogP contribution in [-0.4, -0.2) is 0 Å². The van der Waals surface area contributed by atoms with Crippen LogP contribution in [0.5, 0.6) is 0 Å². The highest BCUT2D eigenvalue weighted by Gasteiger charge is 2.08. The van der Waals surface area contributed by atoms with Gasteiger partial charge in [-0.25, -0.2) is 0 Å². The number of rotatable bonds is 1. The number of hydrogen-bond acceptors (Lipinski definition) is 1. The third-order valence-electron chi connectivity index (χ3n) is 1.99. The maximum atomic E-state index is 2.41. The zero-order chi connectivity index (χ0) is 9.26. The molecule has 13 heavy (non-hydrogen) atoms. The van der Waals surface area contributed by atoms with Crippen LogP contribution in [0.2, 0.25) is 0 Å². The molecule has 1 aromatic rings. The molecule has 0 amide bonds. The summed E-state index contributed by atoms with van der Waals surface area (Å²) >= 11 is 6.67. The van der Waals surface area contributed by atoms with Gasteiger partial charge in [0.1, 0.15) is 0 Å². The molecule has 2 rings (SSSR count). The Morgan fingerprint density at radius 1 is 1.08 bits per heavy atom. The van der Waals surface area contributed by atoms with E-state index < -0.39 is 0 Å². The van der Waals surface area contributed by atoms with Crippen LogP contribution in [-0.2, 0) is 0 Å². The summed E-state index contributed by atoms with van der Waals surface area (Å²) in [4.78, 5) is 1.43. The summed E-state index contributed by atoms with van der Waals surface area (Å²) in [6, 6.07) is 4.41. The van der Waals surface area contributed by atoms with Crippen molar-refractivity contribution in [3.63, 3.8) is 0 Å². The molecule has 0 fully saturated rings. The first-order valence-corrected chi connectivity index (χ1v) is 7.04. The summed E-state index contributed by atoms with van der Waals surface area (Å²) in [6.45, 7) is 0. The van der Waals surface area contributed by atoms with Crippen molar-refractivity contribution in [3.05, 3.63) is 35.6 Å². The van der Waals surface area contributed by atoms with Gasteiger partial charge in [-0.05, 0) is 79.3 Å². The molecule has 1 aliphatic rings. The fourth-order valence-corrected chi connectivity index (χ4v) is 3.43. The van der Waals surface area contributed by atoms with Crippen molar-refractivity contribution in [2.24, 2.45) is 0 Å². The average Bonchev–Trinajstić information content (AvgIpc) is 2.53. The van der Waals surface area contributed by atoms with Gasteiger partial charge in [0.15, 0.2) is 0 Å². The minimum Gasteiger partial charge on any atom is -0.130 e. The second kappa shape index (κ2) is 4.44. The van der Waals surface area contributed by atoms with Gasteiger partial charge in [-0.3, -0.25) is 0 Å². The maximum absolute atomic E-state index is 2.41. The minimum absolute atomic E-state index is 1.20. The smallest absolute Gasteiger partial charge is 0.0659 e. The van der Waals surface area contributed by atoms with Gasteiger partial charge in [-0.15, -0.1) is 11.3 Å². The maximum Gasteiger partial charge on any atom is 0.0659 e. The number of hydrogen-bond donors (Lipinski definition) is 0. The predicted molar refractivity (Wildman–Crippen MR) is 76.4 cm³/mol. The van der Waals surface area contributed by atoms with Crippen molar-refractivity contribution >= 4 is 62.1 Å². The molecule has 0 unspecified atom stereocenters. The van der Waals surface area contributed by atoms with E-state index in [9.17, 15) is 0 Å². The third kappa shape index (κ3) is 2.56. The monoisotopic (exact) mass is 414 g/mol. The zero-order valence-corrected chi connectivity index (χ0v) is 12.0. The molecule has 0 N–H and O–H groups in total. The van der Waals surface area contributed by atoms with Crippen LogP contribution in [0, 0.1) is 2.88 Å². The van der Waals surface area contributed by atoms with Gasteiger partial charge >= 0.3 is 0 Å². The number of halogens is 2. The van der Waals surface area contributed by atoms with Gasteiger partial charge in [0.25, 0.3) is 0 Å². The quantitative estimate of drug-likeness (QED) is 0.577. The zero-order valence-electron chi connectivity index (χ0n) is 6.89. The molecule has 0 atom stereocenters. The lowest BCUT2D eigenvalue weighted by atomic mass is 10.0. The lowest BCUT2D eigenvalue weighted by Crippen LogP contribution is -1.86. The molecule has 0 spiro atoms. The molecule has 0 saturated heterocycles. The van der Waals surface area contributed by atoms with Crippen molar-refractivity contribution in [2.75, 3.05) is 0 Å². The highest BCUT2D eigenvalue weighted by Crippen LogP contribution is 2.33. The summed E-state index contributed by atoms with van der Waals surface area (Å²) in [7, 11) is 0. The fourth-order valence-electron chi connectivity index (χ4n) is 1.30. The first-order chi connectivity index (χ1) is 6.25. The van der Waals surface area contributed by atoms with Crippen molar-refractivity contribution in [2.45, 2.75) is 12.8 Å². The van der Waals surface area contributed by atoms with Gasteiger partial charge in [0.2, 0.25) is 0 Å². The molecular weight excluding hydrogens is 406 g/mol. The van der Waals surface area contributed by atoms with E-state index in [0.717, 1.165) is 0 Å². The van der Waals surface area contributed by atoms with Crippen molar-refractivity contribution in [1.82, 2.24) is 0 Å². The molecule has 0 nitrogen and oxygen atoms in total. The molecule has 1 aliphatic carbocycles. The molecule has 0 saturated carbocycles. The second-order valence-electron chi connectivity index (χ2n) is 2.91. The highest BCUT2D eigenvalue weighted by atomic mass is 127. The van der Waals surface area contributed by atoms with E-state index in [1.54, 1.807) is 0 Å². The first kappa shape index (κ1) is 10.2. The van der Waals surface area contributed by atoms with Crippen LogP contribution in [0.1, 0.15) is 17.7 Å². The largest absolute Gasteiger partial charge is 0.130 e. The summed E-state index contributed by atoms with van der Waals surface area (Å²) in [6.07, 6.45) is 6.89. The van der Waals surface area contributed by atoms with Gasteiger partial charge in [0, 0.05) is 4.88 Å². The molecule has 0 bridgehead atoms. The topological polar surface area (TPSA) is 0 Å². The van der Waals surface area contributed by atoms with E-state index in [0.29, 0.717) is 0 Å². The molecule has 0 radical (unpaired) electrons. The SMILES string of the molecule is IC1=CC=C(c2ccc(I)s2)CC1. The Labute approximate surface area is 109 Å². The Bertz CT molecular complexity index is 374. The van der Waals surface area contributed by atoms with Crippen molar-refractivity contribution in [3.8, 4) is 0 Å². The summed E-state index contributed by atoms with van der Waals surface area (Å²) < 4.78 is 2.84. The highest BCUT2D eigenvalue weighted by molar-refractivity contribution is 14.1. The van der Waals surface area contributed by atoms with Crippen LogP contribution in [0.25, 0.3) is 5.57 Å². The van der Waals surface area contributed by atoms with Crippen molar-refractivity contribution in [1.29, 1.82) is 0 Å². The van der Waals surface area contributed by atoms with Crippen LogP contribution in [0.4, 0.5) is 0 Å². The Morgan fingerprint density at radius 2 is 1.92 bits per heavy atom. The molecule has 1 aromatic heterocycles. The number of thiophene rings is 1. The molecule has 3 heteroatoms. The Balaban J connectivity index is 2.28. The van der Waals surface area contributed by atoms with E-state index in [1.807, 2.05) is 11.3 Å². The average molecular weight is 414 g/mol.